The lowest BCUT2D eigenvalue weighted by molar-refractivity contribution is -0.400. The first-order chi connectivity index (χ1) is 11.9. The molecule has 0 saturated carbocycles. The Balaban J connectivity index is 2.19. The number of methoxy groups -OCH3 is 1. The van der Waals surface area contributed by atoms with Gasteiger partial charge in [0.2, 0.25) is 6.20 Å². The fourth-order valence-corrected chi connectivity index (χ4v) is 1.90. The molecular formula is C16H12N2O7. The Morgan fingerprint density at radius 1 is 1.04 bits per heavy atom. The van der Waals surface area contributed by atoms with Crippen LogP contribution in [0.4, 0.5) is 5.69 Å². The van der Waals surface area contributed by atoms with Crippen LogP contribution in [0.5, 0.6) is 11.5 Å². The van der Waals surface area contributed by atoms with Crippen LogP contribution in [0, 0.1) is 20.2 Å². The molecule has 2 rings (SSSR count). The first-order valence-corrected chi connectivity index (χ1v) is 6.87. The minimum absolute atomic E-state index is 0.115. The zero-order valence-electron chi connectivity index (χ0n) is 12.9. The molecule has 9 heteroatoms. The fraction of sp³-hybridized carbons (Fsp3) is 0.0625. The maximum atomic E-state index is 12.1. The number of non-ortho nitro benzene ring substituents is 1. The molecule has 0 saturated heterocycles. The van der Waals surface area contributed by atoms with Crippen molar-refractivity contribution in [3.8, 4) is 11.5 Å². The summed E-state index contributed by atoms with van der Waals surface area (Å²) in [4.78, 5) is 31.9. The smallest absolute Gasteiger partial charge is 0.343 e. The zero-order valence-corrected chi connectivity index (χ0v) is 12.9. The molecule has 128 valence electrons. The van der Waals surface area contributed by atoms with Crippen LogP contribution in [-0.4, -0.2) is 22.9 Å². The number of carbonyl (C=O) groups excluding carboxylic acids is 1. The van der Waals surface area contributed by atoms with Gasteiger partial charge in [0.05, 0.1) is 22.5 Å². The normalized spacial score (nSPS) is 10.4. The van der Waals surface area contributed by atoms with E-state index < -0.39 is 15.8 Å². The molecule has 0 N–H and O–H groups in total. The zero-order chi connectivity index (χ0) is 18.4. The van der Waals surface area contributed by atoms with Gasteiger partial charge in [0, 0.05) is 18.2 Å². The highest BCUT2D eigenvalue weighted by atomic mass is 16.6. The molecular weight excluding hydrogens is 332 g/mol. The van der Waals surface area contributed by atoms with Gasteiger partial charge < -0.3 is 9.47 Å². The number of nitro groups is 2. The molecule has 0 fully saturated rings. The topological polar surface area (TPSA) is 122 Å². The van der Waals surface area contributed by atoms with Crippen LogP contribution in [0.25, 0.3) is 6.08 Å². The van der Waals surface area contributed by atoms with Gasteiger partial charge in [-0.3, -0.25) is 20.2 Å². The van der Waals surface area contributed by atoms with Crippen molar-refractivity contribution in [3.05, 3.63) is 80.0 Å². The Labute approximate surface area is 141 Å². The molecule has 25 heavy (non-hydrogen) atoms. The summed E-state index contributed by atoms with van der Waals surface area (Å²) in [6.07, 6.45) is 2.04. The minimum atomic E-state index is -0.721. The maximum absolute atomic E-state index is 12.1. The molecule has 0 amide bonds. The predicted molar refractivity (Wildman–Crippen MR) is 87.1 cm³/mol. The number of benzene rings is 2. The van der Waals surface area contributed by atoms with Crippen LogP contribution < -0.4 is 9.47 Å². The molecule has 0 bridgehead atoms. The summed E-state index contributed by atoms with van der Waals surface area (Å²) < 4.78 is 10.3. The van der Waals surface area contributed by atoms with Gasteiger partial charge in [0.15, 0.2) is 11.5 Å². The van der Waals surface area contributed by atoms with E-state index in [1.54, 1.807) is 0 Å². The molecule has 9 nitrogen and oxygen atoms in total. The average Bonchev–Trinajstić information content (AvgIpc) is 2.60. The molecule has 0 aromatic heterocycles. The summed E-state index contributed by atoms with van der Waals surface area (Å²) in [7, 11) is 1.36. The van der Waals surface area contributed by atoms with Crippen LogP contribution in [0.1, 0.15) is 15.9 Å². The van der Waals surface area contributed by atoms with Crippen molar-refractivity contribution in [1.82, 2.24) is 0 Å². The number of rotatable bonds is 6. The van der Waals surface area contributed by atoms with Crippen molar-refractivity contribution in [2.75, 3.05) is 7.11 Å². The summed E-state index contributed by atoms with van der Waals surface area (Å²) in [5, 5.41) is 20.9. The predicted octanol–water partition coefficient (Wildman–Crippen LogP) is 3.07. The Morgan fingerprint density at radius 3 is 2.28 bits per heavy atom. The highest BCUT2D eigenvalue weighted by Gasteiger charge is 2.14. The van der Waals surface area contributed by atoms with E-state index in [2.05, 4.69) is 0 Å². The molecule has 0 spiro atoms. The summed E-state index contributed by atoms with van der Waals surface area (Å²) in [6, 6.07) is 9.36. The molecule has 0 aliphatic heterocycles. The summed E-state index contributed by atoms with van der Waals surface area (Å²) in [5.74, 6) is -0.397. The van der Waals surface area contributed by atoms with Gasteiger partial charge in [0.25, 0.3) is 5.69 Å². The summed E-state index contributed by atoms with van der Waals surface area (Å²) >= 11 is 0. The van der Waals surface area contributed by atoms with Crippen LogP contribution >= 0.6 is 0 Å². The van der Waals surface area contributed by atoms with Crippen LogP contribution in [0.15, 0.2) is 48.7 Å². The van der Waals surface area contributed by atoms with Crippen molar-refractivity contribution in [2.45, 2.75) is 0 Å². The van der Waals surface area contributed by atoms with E-state index in [-0.39, 0.29) is 22.7 Å². The summed E-state index contributed by atoms with van der Waals surface area (Å²) in [5.41, 5.74) is 0.477. The second kappa shape index (κ2) is 7.68. The number of hydrogen-bond donors (Lipinski definition) is 0. The minimum Gasteiger partial charge on any atom is -0.493 e. The van der Waals surface area contributed by atoms with E-state index in [1.807, 2.05) is 0 Å². The molecule has 0 aliphatic rings. The Hall–Kier alpha value is -3.75. The second-order valence-electron chi connectivity index (χ2n) is 4.70. The fourth-order valence-electron chi connectivity index (χ4n) is 1.90. The van der Waals surface area contributed by atoms with Gasteiger partial charge in [0.1, 0.15) is 0 Å². The van der Waals surface area contributed by atoms with E-state index in [1.165, 1.54) is 55.7 Å². The largest absolute Gasteiger partial charge is 0.493 e. The van der Waals surface area contributed by atoms with Gasteiger partial charge in [-0.15, -0.1) is 0 Å². The number of carbonyl (C=O) groups is 1. The van der Waals surface area contributed by atoms with Gasteiger partial charge >= 0.3 is 5.97 Å². The number of nitrogens with zero attached hydrogens (tertiary/aromatic N) is 2. The van der Waals surface area contributed by atoms with E-state index in [4.69, 9.17) is 9.47 Å². The Kier molecular flexibility index (Phi) is 5.41. The van der Waals surface area contributed by atoms with Crippen LogP contribution in [-0.2, 0) is 0 Å². The molecule has 0 unspecified atom stereocenters. The molecule has 0 atom stereocenters. The lowest BCUT2D eigenvalue weighted by Crippen LogP contribution is -2.09. The lowest BCUT2D eigenvalue weighted by Gasteiger charge is -2.09. The van der Waals surface area contributed by atoms with Gasteiger partial charge in [-0.1, -0.05) is 6.07 Å². The Morgan fingerprint density at radius 2 is 1.72 bits per heavy atom. The van der Waals surface area contributed by atoms with Crippen molar-refractivity contribution < 1.29 is 24.1 Å². The van der Waals surface area contributed by atoms with E-state index >= 15 is 0 Å². The van der Waals surface area contributed by atoms with Crippen molar-refractivity contribution in [1.29, 1.82) is 0 Å². The third-order valence-electron chi connectivity index (χ3n) is 3.09. The van der Waals surface area contributed by atoms with E-state index in [9.17, 15) is 25.0 Å². The lowest BCUT2D eigenvalue weighted by atomic mass is 10.2. The summed E-state index contributed by atoms with van der Waals surface area (Å²) in [6.45, 7) is 0. The average molecular weight is 344 g/mol. The molecule has 2 aromatic carbocycles. The third kappa shape index (κ3) is 4.61. The number of ether oxygens (including phenoxy) is 2. The quantitative estimate of drug-likeness (QED) is 0.341. The van der Waals surface area contributed by atoms with Gasteiger partial charge in [-0.2, -0.15) is 0 Å². The number of hydrogen-bond acceptors (Lipinski definition) is 7. The number of esters is 1. The third-order valence-corrected chi connectivity index (χ3v) is 3.09. The molecule has 0 aliphatic carbocycles. The van der Waals surface area contributed by atoms with E-state index in [0.717, 1.165) is 6.20 Å². The first-order valence-electron chi connectivity index (χ1n) is 6.87. The molecule has 2 aromatic rings. The monoisotopic (exact) mass is 344 g/mol. The van der Waals surface area contributed by atoms with Crippen molar-refractivity contribution in [2.24, 2.45) is 0 Å². The van der Waals surface area contributed by atoms with E-state index in [0.29, 0.717) is 5.56 Å². The number of nitro benzene ring substituents is 1. The van der Waals surface area contributed by atoms with Gasteiger partial charge in [-0.05, 0) is 29.8 Å². The SMILES string of the molecule is COc1cc(/C=C\[N+](=O)[O-])ccc1OC(=O)c1ccc([N+](=O)[O-])cc1. The van der Waals surface area contributed by atoms with Crippen molar-refractivity contribution >= 4 is 17.7 Å². The standard InChI is InChI=1S/C16H12N2O7/c1-24-15-10-11(8-9-17(20)21)2-7-14(15)25-16(19)12-3-5-13(6-4-12)18(22)23/h2-10H,1H3/b9-8-. The molecule has 0 radical (unpaired) electrons. The second-order valence-corrected chi connectivity index (χ2v) is 4.70. The highest BCUT2D eigenvalue weighted by molar-refractivity contribution is 5.91. The first kappa shape index (κ1) is 17.6. The highest BCUT2D eigenvalue weighted by Crippen LogP contribution is 2.29. The van der Waals surface area contributed by atoms with Crippen LogP contribution in [0.3, 0.4) is 0 Å². The maximum Gasteiger partial charge on any atom is 0.343 e. The van der Waals surface area contributed by atoms with Crippen LogP contribution in [0.2, 0.25) is 0 Å². The van der Waals surface area contributed by atoms with Gasteiger partial charge in [-0.25, -0.2) is 4.79 Å². The Bertz CT molecular complexity index is 844. The molecule has 0 heterocycles. The van der Waals surface area contributed by atoms with Crippen molar-refractivity contribution in [3.63, 3.8) is 0 Å².